The van der Waals surface area contributed by atoms with Crippen molar-refractivity contribution >= 4 is 0 Å². The summed E-state index contributed by atoms with van der Waals surface area (Å²) < 4.78 is 0. The summed E-state index contributed by atoms with van der Waals surface area (Å²) >= 11 is 0. The van der Waals surface area contributed by atoms with Crippen LogP contribution in [0.15, 0.2) is 109 Å². The number of rotatable bonds is 7. The Labute approximate surface area is 229 Å². The van der Waals surface area contributed by atoms with Crippen LogP contribution >= 0.6 is 0 Å². The zero-order valence-electron chi connectivity index (χ0n) is 22.0. The molecule has 0 bridgehead atoms. The van der Waals surface area contributed by atoms with E-state index in [0.717, 1.165) is 12.0 Å². The quantitative estimate of drug-likeness (QED) is 0.164. The number of hydrogen-bond acceptors (Lipinski definition) is 4. The molecule has 196 valence electrons. The van der Waals surface area contributed by atoms with Crippen molar-refractivity contribution in [2.24, 2.45) is 5.92 Å². The van der Waals surface area contributed by atoms with Gasteiger partial charge in [-0.1, -0.05) is 111 Å². The first-order chi connectivity index (χ1) is 18.8. The highest BCUT2D eigenvalue weighted by Gasteiger charge is 2.26. The van der Waals surface area contributed by atoms with Crippen LogP contribution in [-0.2, 0) is 6.42 Å². The van der Waals surface area contributed by atoms with Crippen LogP contribution in [-0.4, -0.2) is 20.4 Å². The standard InChI is InChI=1S/C35H32O4/c1-22(2)21-23-17-19-24(20-18-23)33(29-13-7-11-27(34(29)38)25-9-3-5-15-31(25)36)30-14-8-12-28(35(30)39)26-10-4-6-16-32(26)37/h3-20,22,33,36-39H,21H2,1-2H3. The molecule has 0 amide bonds. The predicted molar refractivity (Wildman–Crippen MR) is 156 cm³/mol. The van der Waals surface area contributed by atoms with E-state index in [-0.39, 0.29) is 23.0 Å². The van der Waals surface area contributed by atoms with Crippen LogP contribution in [0.25, 0.3) is 22.3 Å². The maximum atomic E-state index is 11.6. The Bertz CT molecular complexity index is 1510. The molecule has 0 atom stereocenters. The number of para-hydroxylation sites is 4. The molecule has 4 nitrogen and oxygen atoms in total. The zero-order valence-corrected chi connectivity index (χ0v) is 22.0. The Balaban J connectivity index is 1.72. The molecule has 39 heavy (non-hydrogen) atoms. The smallest absolute Gasteiger partial charge is 0.127 e. The van der Waals surface area contributed by atoms with E-state index in [4.69, 9.17) is 0 Å². The molecular weight excluding hydrogens is 484 g/mol. The fourth-order valence-electron chi connectivity index (χ4n) is 5.27. The Hall–Kier alpha value is -4.70. The van der Waals surface area contributed by atoms with Gasteiger partial charge in [0.25, 0.3) is 0 Å². The molecule has 4 heteroatoms. The third kappa shape index (κ3) is 5.19. The van der Waals surface area contributed by atoms with Crippen molar-refractivity contribution in [1.29, 1.82) is 0 Å². The molecule has 0 aliphatic rings. The summed E-state index contributed by atoms with van der Waals surface area (Å²) in [6.07, 6.45) is 0.951. The minimum absolute atomic E-state index is 0.0302. The van der Waals surface area contributed by atoms with Gasteiger partial charge in [0.1, 0.15) is 23.0 Å². The predicted octanol–water partition coefficient (Wildman–Crippen LogP) is 8.22. The van der Waals surface area contributed by atoms with E-state index in [0.29, 0.717) is 39.3 Å². The van der Waals surface area contributed by atoms with Gasteiger partial charge >= 0.3 is 0 Å². The highest BCUT2D eigenvalue weighted by atomic mass is 16.3. The Kier molecular flexibility index (Phi) is 7.29. The van der Waals surface area contributed by atoms with Crippen LogP contribution in [0, 0.1) is 5.92 Å². The summed E-state index contributed by atoms with van der Waals surface area (Å²) in [6.45, 7) is 4.36. The summed E-state index contributed by atoms with van der Waals surface area (Å²) in [7, 11) is 0. The van der Waals surface area contributed by atoms with Crippen molar-refractivity contribution in [3.8, 4) is 45.3 Å². The summed E-state index contributed by atoms with van der Waals surface area (Å²) in [6, 6.07) is 33.0. The number of hydrogen-bond donors (Lipinski definition) is 4. The molecule has 0 fully saturated rings. The van der Waals surface area contributed by atoms with Crippen molar-refractivity contribution in [3.63, 3.8) is 0 Å². The third-order valence-corrected chi connectivity index (χ3v) is 7.10. The second-order valence-electron chi connectivity index (χ2n) is 10.3. The van der Waals surface area contributed by atoms with E-state index in [1.807, 2.05) is 48.5 Å². The number of phenolic OH excluding ortho intramolecular Hbond substituents is 4. The first kappa shape index (κ1) is 25.9. The molecule has 0 saturated carbocycles. The van der Waals surface area contributed by atoms with E-state index < -0.39 is 5.92 Å². The monoisotopic (exact) mass is 516 g/mol. The maximum Gasteiger partial charge on any atom is 0.127 e. The van der Waals surface area contributed by atoms with Gasteiger partial charge in [-0.3, -0.25) is 0 Å². The lowest BCUT2D eigenvalue weighted by molar-refractivity contribution is 0.457. The lowest BCUT2D eigenvalue weighted by atomic mass is 9.81. The van der Waals surface area contributed by atoms with Gasteiger partial charge in [-0.15, -0.1) is 0 Å². The molecule has 0 aliphatic heterocycles. The largest absolute Gasteiger partial charge is 0.507 e. The summed E-state index contributed by atoms with van der Waals surface area (Å²) in [5.74, 6) is 0.206. The first-order valence-electron chi connectivity index (χ1n) is 13.1. The highest BCUT2D eigenvalue weighted by Crippen LogP contribution is 2.47. The molecule has 5 aromatic rings. The summed E-state index contributed by atoms with van der Waals surface area (Å²) in [5.41, 5.74) is 5.36. The van der Waals surface area contributed by atoms with Crippen molar-refractivity contribution in [2.75, 3.05) is 0 Å². The maximum absolute atomic E-state index is 11.6. The summed E-state index contributed by atoms with van der Waals surface area (Å²) in [4.78, 5) is 0. The van der Waals surface area contributed by atoms with Crippen LogP contribution in [0.1, 0.15) is 42.0 Å². The van der Waals surface area contributed by atoms with Crippen LogP contribution in [0.3, 0.4) is 0 Å². The second kappa shape index (κ2) is 11.0. The molecule has 0 aromatic heterocycles. The molecule has 0 heterocycles. The Morgan fingerprint density at radius 3 is 1.36 bits per heavy atom. The van der Waals surface area contributed by atoms with E-state index >= 15 is 0 Å². The van der Waals surface area contributed by atoms with Crippen molar-refractivity contribution in [2.45, 2.75) is 26.2 Å². The normalized spacial score (nSPS) is 11.3. The minimum Gasteiger partial charge on any atom is -0.507 e. The highest BCUT2D eigenvalue weighted by molar-refractivity contribution is 5.80. The number of phenols is 4. The van der Waals surface area contributed by atoms with Crippen LogP contribution in [0.5, 0.6) is 23.0 Å². The molecule has 5 aromatic carbocycles. The molecular formula is C35H32O4. The van der Waals surface area contributed by atoms with Crippen molar-refractivity contribution < 1.29 is 20.4 Å². The SMILES string of the molecule is CC(C)Cc1ccc(C(c2cccc(-c3ccccc3O)c2O)c2cccc(-c3ccccc3O)c2O)cc1. The van der Waals surface area contributed by atoms with E-state index in [2.05, 4.69) is 26.0 Å². The van der Waals surface area contributed by atoms with Gasteiger partial charge in [0.05, 0.1) is 0 Å². The minimum atomic E-state index is -0.519. The van der Waals surface area contributed by atoms with E-state index in [1.54, 1.807) is 48.5 Å². The van der Waals surface area contributed by atoms with E-state index in [1.165, 1.54) is 5.56 Å². The Morgan fingerprint density at radius 2 is 0.923 bits per heavy atom. The average molecular weight is 517 g/mol. The third-order valence-electron chi connectivity index (χ3n) is 7.10. The molecule has 5 rings (SSSR count). The van der Waals surface area contributed by atoms with Gasteiger partial charge in [-0.2, -0.15) is 0 Å². The van der Waals surface area contributed by atoms with Gasteiger partial charge in [0.15, 0.2) is 0 Å². The van der Waals surface area contributed by atoms with Gasteiger partial charge in [-0.05, 0) is 35.6 Å². The van der Waals surface area contributed by atoms with Crippen molar-refractivity contribution in [1.82, 2.24) is 0 Å². The van der Waals surface area contributed by atoms with Crippen LogP contribution < -0.4 is 0 Å². The van der Waals surface area contributed by atoms with Crippen LogP contribution in [0.2, 0.25) is 0 Å². The fraction of sp³-hybridized carbons (Fsp3) is 0.143. The second-order valence-corrected chi connectivity index (χ2v) is 10.3. The van der Waals surface area contributed by atoms with Gasteiger partial charge in [-0.25, -0.2) is 0 Å². The lowest BCUT2D eigenvalue weighted by Crippen LogP contribution is -2.06. The molecule has 0 unspecified atom stereocenters. The van der Waals surface area contributed by atoms with Gasteiger partial charge in [0.2, 0.25) is 0 Å². The van der Waals surface area contributed by atoms with E-state index in [9.17, 15) is 20.4 Å². The summed E-state index contributed by atoms with van der Waals surface area (Å²) in [5, 5.41) is 44.3. The lowest BCUT2D eigenvalue weighted by Gasteiger charge is -2.24. The molecule has 0 aliphatic carbocycles. The first-order valence-corrected chi connectivity index (χ1v) is 13.1. The molecule has 0 spiro atoms. The molecule has 0 radical (unpaired) electrons. The zero-order chi connectivity index (χ0) is 27.5. The van der Waals surface area contributed by atoms with Crippen molar-refractivity contribution in [3.05, 3.63) is 131 Å². The number of benzene rings is 5. The fourth-order valence-corrected chi connectivity index (χ4v) is 5.27. The molecule has 0 saturated heterocycles. The number of aromatic hydroxyl groups is 4. The van der Waals surface area contributed by atoms with Gasteiger partial charge in [0, 0.05) is 39.3 Å². The topological polar surface area (TPSA) is 80.9 Å². The average Bonchev–Trinajstić information content (AvgIpc) is 2.92. The molecule has 4 N–H and O–H groups in total. The van der Waals surface area contributed by atoms with Gasteiger partial charge < -0.3 is 20.4 Å². The van der Waals surface area contributed by atoms with Crippen LogP contribution in [0.4, 0.5) is 0 Å². The Morgan fingerprint density at radius 1 is 0.487 bits per heavy atom.